The molecular weight excluding hydrogens is 687 g/mol. The van der Waals surface area contributed by atoms with Crippen molar-refractivity contribution in [2.45, 2.75) is 84.0 Å². The Morgan fingerprint density at radius 1 is 1.08 bits per heavy atom. The van der Waals surface area contributed by atoms with E-state index in [-0.39, 0.29) is 23.9 Å². The lowest BCUT2D eigenvalue weighted by Crippen LogP contribution is -2.50. The molecule has 0 saturated carbocycles. The molecule has 1 aromatic carbocycles. The second-order valence-electron chi connectivity index (χ2n) is 13.3. The van der Waals surface area contributed by atoms with Gasteiger partial charge in [-0.3, -0.25) is 18.9 Å². The number of nitrogen functional groups attached to an aromatic ring is 1. The number of para-hydroxylation sites is 1. The van der Waals surface area contributed by atoms with Crippen molar-refractivity contribution in [3.05, 3.63) is 54.5 Å². The van der Waals surface area contributed by atoms with Gasteiger partial charge >= 0.3 is 25.7 Å². The van der Waals surface area contributed by atoms with Gasteiger partial charge in [0.05, 0.1) is 23.1 Å². The molecule has 1 aliphatic rings. The quantitative estimate of drug-likeness (QED) is 0.116. The largest absolute Gasteiger partial charge is 0.461 e. The van der Waals surface area contributed by atoms with E-state index >= 15 is 0 Å². The fourth-order valence-electron chi connectivity index (χ4n) is 4.81. The average molecular weight is 731 g/mol. The van der Waals surface area contributed by atoms with E-state index in [1.807, 2.05) is 6.07 Å². The maximum absolute atomic E-state index is 14.4. The first-order valence-electron chi connectivity index (χ1n) is 16.1. The number of nitrogens with one attached hydrogen (secondary N) is 1. The summed E-state index contributed by atoms with van der Waals surface area (Å²) in [6.07, 6.45) is -3.20. The molecule has 17 nitrogen and oxygen atoms in total. The summed E-state index contributed by atoms with van der Waals surface area (Å²) in [5, 5.41) is 27.5. The van der Waals surface area contributed by atoms with Gasteiger partial charge in [0.2, 0.25) is 5.60 Å². The molecule has 1 saturated heterocycles. The van der Waals surface area contributed by atoms with Gasteiger partial charge in [-0.15, -0.1) is 0 Å². The fraction of sp³-hybridized carbons (Fsp3) is 0.515. The number of benzene rings is 1. The van der Waals surface area contributed by atoms with Crippen LogP contribution in [0.4, 0.5) is 5.82 Å². The minimum Gasteiger partial charge on any atom is -0.461 e. The Hall–Kier alpha value is -4.59. The van der Waals surface area contributed by atoms with Crippen LogP contribution in [-0.2, 0) is 42.4 Å². The van der Waals surface area contributed by atoms with Gasteiger partial charge in [-0.25, -0.2) is 14.1 Å². The third-order valence-electron chi connectivity index (χ3n) is 7.51. The zero-order chi connectivity index (χ0) is 37.7. The first kappa shape index (κ1) is 39.2. The van der Waals surface area contributed by atoms with Crippen LogP contribution in [0.1, 0.15) is 60.3 Å². The number of ether oxygens (including phenoxy) is 4. The van der Waals surface area contributed by atoms with Crippen molar-refractivity contribution in [1.82, 2.24) is 19.7 Å². The molecule has 3 aromatic rings. The van der Waals surface area contributed by atoms with E-state index in [0.29, 0.717) is 5.52 Å². The number of aromatic nitrogens is 3. The topological polar surface area (TPSA) is 236 Å². The summed E-state index contributed by atoms with van der Waals surface area (Å²) in [5.41, 5.74) is 3.06. The molecule has 0 aliphatic carbocycles. The summed E-state index contributed by atoms with van der Waals surface area (Å²) < 4.78 is 50.6. The number of carbonyl (C=O) groups excluding carboxylic acids is 3. The Morgan fingerprint density at radius 3 is 2.33 bits per heavy atom. The average Bonchev–Trinajstić information content (AvgIpc) is 3.62. The first-order valence-corrected chi connectivity index (χ1v) is 17.7. The van der Waals surface area contributed by atoms with E-state index in [2.05, 4.69) is 15.2 Å². The molecule has 0 amide bonds. The summed E-state index contributed by atoms with van der Waals surface area (Å²) >= 11 is 0. The highest BCUT2D eigenvalue weighted by Crippen LogP contribution is 2.50. The highest BCUT2D eigenvalue weighted by atomic mass is 31.2. The normalized spacial score (nSPS) is 22.3. The summed E-state index contributed by atoms with van der Waals surface area (Å²) in [6.45, 7) is 9.29. The van der Waals surface area contributed by atoms with E-state index in [0.717, 1.165) is 0 Å². The molecule has 3 heterocycles. The summed E-state index contributed by atoms with van der Waals surface area (Å²) in [4.78, 5) is 43.0. The van der Waals surface area contributed by atoms with Crippen LogP contribution in [-0.4, -0.2) is 80.3 Å². The van der Waals surface area contributed by atoms with Crippen molar-refractivity contribution >= 4 is 37.0 Å². The number of aliphatic hydroxyl groups is 1. The Labute approximate surface area is 294 Å². The lowest BCUT2D eigenvalue weighted by atomic mass is 9.95. The van der Waals surface area contributed by atoms with Crippen molar-refractivity contribution < 1.29 is 52.1 Å². The molecule has 4 rings (SSSR count). The molecule has 1 fully saturated rings. The number of carbonyl (C=O) groups is 3. The first-order chi connectivity index (χ1) is 23.9. The SMILES string of the molecule is CC(C)C(=O)O[C@H]1[C@H](c2ccc3c(N)ncnn23)O[C@](C#N)(COP(=O)(N[C@@H](C)C(=O)OCC(C)(C)O)Oc2ccccc2)[C@H]1OC(=O)C(C)C. The van der Waals surface area contributed by atoms with Crippen molar-refractivity contribution in [2.24, 2.45) is 11.8 Å². The molecular formula is C33H43N6O11P. The lowest BCUT2D eigenvalue weighted by Gasteiger charge is -2.31. The predicted molar refractivity (Wildman–Crippen MR) is 179 cm³/mol. The van der Waals surface area contributed by atoms with Gasteiger partial charge in [0.1, 0.15) is 49.0 Å². The number of nitriles is 1. The molecule has 2 aromatic heterocycles. The Morgan fingerprint density at radius 2 is 1.73 bits per heavy atom. The van der Waals surface area contributed by atoms with Crippen LogP contribution in [0.15, 0.2) is 48.8 Å². The van der Waals surface area contributed by atoms with Gasteiger partial charge in [0.25, 0.3) is 0 Å². The molecule has 0 bridgehead atoms. The standard InChI is InChI=1S/C33H43N6O11P/c1-19(2)29(40)47-26-25(23-13-14-24-28(35)36-18-37-39(23)24)49-33(15-34,27(26)48-30(41)20(3)4)17-46-51(44,50-22-11-9-8-10-12-22)38-21(5)31(42)45-16-32(6,7)43/h8-14,18-21,25-27,43H,16-17H2,1-7H3,(H,38,44)(H2,35,36,37)/t21-,25-,26-,27-,33+,51?/m0/s1. The van der Waals surface area contributed by atoms with Crippen LogP contribution in [0.5, 0.6) is 5.75 Å². The van der Waals surface area contributed by atoms with Gasteiger partial charge < -0.3 is 34.3 Å². The lowest BCUT2D eigenvalue weighted by molar-refractivity contribution is -0.173. The molecule has 1 unspecified atom stereocenters. The number of nitrogens with zero attached hydrogens (tertiary/aromatic N) is 4. The van der Waals surface area contributed by atoms with Crippen LogP contribution in [0.3, 0.4) is 0 Å². The minimum absolute atomic E-state index is 0.0741. The van der Waals surface area contributed by atoms with Crippen LogP contribution in [0.25, 0.3) is 5.52 Å². The van der Waals surface area contributed by atoms with Crippen molar-refractivity contribution in [3.63, 3.8) is 0 Å². The third kappa shape index (κ3) is 9.40. The zero-order valence-corrected chi connectivity index (χ0v) is 30.2. The number of rotatable bonds is 15. The van der Waals surface area contributed by atoms with Crippen LogP contribution >= 0.6 is 7.75 Å². The summed E-state index contributed by atoms with van der Waals surface area (Å²) in [7, 11) is -4.63. The highest BCUT2D eigenvalue weighted by Gasteiger charge is 2.62. The Bertz CT molecular complexity index is 1810. The van der Waals surface area contributed by atoms with Gasteiger partial charge in [-0.05, 0) is 45.0 Å². The summed E-state index contributed by atoms with van der Waals surface area (Å²) in [5.74, 6) is -3.46. The van der Waals surface area contributed by atoms with Crippen LogP contribution < -0.4 is 15.3 Å². The molecule has 18 heteroatoms. The van der Waals surface area contributed by atoms with Crippen molar-refractivity contribution in [3.8, 4) is 11.8 Å². The van der Waals surface area contributed by atoms with E-state index in [4.69, 9.17) is 33.7 Å². The van der Waals surface area contributed by atoms with Crippen LogP contribution in [0.2, 0.25) is 0 Å². The van der Waals surface area contributed by atoms with Crippen molar-refractivity contribution in [1.29, 1.82) is 5.26 Å². The number of nitrogens with two attached hydrogens (primary N) is 1. The monoisotopic (exact) mass is 730 g/mol. The predicted octanol–water partition coefficient (Wildman–Crippen LogP) is 3.28. The second-order valence-corrected chi connectivity index (χ2v) is 14.9. The Balaban J connectivity index is 1.77. The number of esters is 3. The van der Waals surface area contributed by atoms with E-state index in [1.165, 1.54) is 43.7 Å². The summed E-state index contributed by atoms with van der Waals surface area (Å²) in [6, 6.07) is 11.7. The van der Waals surface area contributed by atoms with Gasteiger partial charge in [-0.1, -0.05) is 45.9 Å². The number of anilines is 1. The minimum atomic E-state index is -4.63. The molecule has 4 N–H and O–H groups in total. The molecule has 51 heavy (non-hydrogen) atoms. The second kappa shape index (κ2) is 15.7. The van der Waals surface area contributed by atoms with Gasteiger partial charge in [-0.2, -0.15) is 15.4 Å². The maximum Gasteiger partial charge on any atom is 0.459 e. The molecule has 0 radical (unpaired) electrons. The van der Waals surface area contributed by atoms with Crippen molar-refractivity contribution in [2.75, 3.05) is 18.9 Å². The van der Waals surface area contributed by atoms with E-state index < -0.39 is 79.7 Å². The zero-order valence-electron chi connectivity index (χ0n) is 29.3. The fourth-order valence-corrected chi connectivity index (χ4v) is 6.33. The van der Waals surface area contributed by atoms with E-state index in [9.17, 15) is 29.3 Å². The highest BCUT2D eigenvalue weighted by molar-refractivity contribution is 7.52. The number of fused-ring (bicyclic) bond motifs is 1. The number of hydrogen-bond donors (Lipinski definition) is 3. The Kier molecular flexibility index (Phi) is 12.1. The van der Waals surface area contributed by atoms with Gasteiger partial charge in [0, 0.05) is 0 Å². The molecule has 6 atom stereocenters. The third-order valence-corrected chi connectivity index (χ3v) is 9.14. The number of hydrogen-bond acceptors (Lipinski definition) is 15. The van der Waals surface area contributed by atoms with Crippen LogP contribution in [0, 0.1) is 23.2 Å². The smallest absolute Gasteiger partial charge is 0.459 e. The van der Waals surface area contributed by atoms with Gasteiger partial charge in [0.15, 0.2) is 18.0 Å². The maximum atomic E-state index is 14.4. The van der Waals surface area contributed by atoms with E-state index in [1.54, 1.807) is 58.0 Å². The molecule has 1 aliphatic heterocycles. The molecule has 276 valence electrons. The molecule has 0 spiro atoms.